The summed E-state index contributed by atoms with van der Waals surface area (Å²) in [7, 11) is 0. The summed E-state index contributed by atoms with van der Waals surface area (Å²) in [5.41, 5.74) is 1.11. The lowest BCUT2D eigenvalue weighted by Crippen LogP contribution is -2.32. The summed E-state index contributed by atoms with van der Waals surface area (Å²) >= 11 is 0. The van der Waals surface area contributed by atoms with Gasteiger partial charge in [0.1, 0.15) is 0 Å². The first-order valence-corrected chi connectivity index (χ1v) is 9.57. The average Bonchev–Trinajstić information content (AvgIpc) is 3.12. The summed E-state index contributed by atoms with van der Waals surface area (Å²) < 4.78 is 26.9. The summed E-state index contributed by atoms with van der Waals surface area (Å²) in [6.45, 7) is 2.57. The van der Waals surface area contributed by atoms with Crippen LogP contribution < -0.4 is 0 Å². The molecule has 0 amide bonds. The molecule has 1 heterocycles. The van der Waals surface area contributed by atoms with E-state index >= 15 is 0 Å². The molecule has 1 saturated heterocycles. The summed E-state index contributed by atoms with van der Waals surface area (Å²) in [5.74, 6) is -1.77. The summed E-state index contributed by atoms with van der Waals surface area (Å²) in [5, 5.41) is 20.2. The van der Waals surface area contributed by atoms with E-state index in [-0.39, 0.29) is 0 Å². The lowest BCUT2D eigenvalue weighted by atomic mass is 9.91. The molecule has 4 rings (SSSR count). The van der Waals surface area contributed by atoms with E-state index < -0.39 is 23.0 Å². The minimum atomic E-state index is -0.910. The fraction of sp³-hybridized carbons (Fsp3) is 0.455. The number of fused-ring (bicyclic) bond motifs is 1. The number of halogens is 2. The van der Waals surface area contributed by atoms with E-state index in [9.17, 15) is 19.0 Å². The van der Waals surface area contributed by atoms with Crippen LogP contribution in [0.5, 0.6) is 5.75 Å². The van der Waals surface area contributed by atoms with Crippen LogP contribution >= 0.6 is 0 Å². The van der Waals surface area contributed by atoms with Gasteiger partial charge < -0.3 is 15.1 Å². The Balaban J connectivity index is 1.31. The van der Waals surface area contributed by atoms with Crippen molar-refractivity contribution in [2.45, 2.75) is 31.3 Å². The zero-order valence-electron chi connectivity index (χ0n) is 15.2. The number of aromatic hydroxyl groups is 1. The Hall–Kier alpha value is -1.98. The molecule has 3 atom stereocenters. The number of likely N-dealkylation sites (tertiary alicyclic amines) is 1. The predicted molar refractivity (Wildman–Crippen MR) is 99.5 cm³/mol. The molecule has 27 heavy (non-hydrogen) atoms. The standard InChI is InChI=1S/C22H25F2NO2/c23-19-8-16(9-20(24)21(19)26)6-7-25-13-17-11-22(27,12-18(17)14-25)10-15-4-2-1-3-5-15/h1-5,8-9,17-18,26-27H,6-7,10-14H2/t17-,18+,22-. The third-order valence-corrected chi connectivity index (χ3v) is 6.11. The van der Waals surface area contributed by atoms with Crippen molar-refractivity contribution in [1.29, 1.82) is 0 Å². The highest BCUT2D eigenvalue weighted by Gasteiger charge is 2.47. The molecular formula is C22H25F2NO2. The third-order valence-electron chi connectivity index (χ3n) is 6.11. The molecule has 2 N–H and O–H groups in total. The van der Waals surface area contributed by atoms with Crippen LogP contribution in [0.3, 0.4) is 0 Å². The Kier molecular flexibility index (Phi) is 4.91. The molecule has 0 unspecified atom stereocenters. The molecule has 5 heteroatoms. The van der Waals surface area contributed by atoms with Crippen molar-refractivity contribution in [3.8, 4) is 5.75 Å². The third kappa shape index (κ3) is 3.99. The van der Waals surface area contributed by atoms with Crippen molar-refractivity contribution in [2.75, 3.05) is 19.6 Å². The molecule has 3 nitrogen and oxygen atoms in total. The molecule has 2 aromatic rings. The summed E-state index contributed by atoms with van der Waals surface area (Å²) in [4.78, 5) is 2.32. The Bertz CT molecular complexity index is 774. The zero-order chi connectivity index (χ0) is 19.0. The van der Waals surface area contributed by atoms with Crippen LogP contribution in [0.1, 0.15) is 24.0 Å². The van der Waals surface area contributed by atoms with Crippen molar-refractivity contribution >= 4 is 0 Å². The van der Waals surface area contributed by atoms with Crippen molar-refractivity contribution in [3.05, 3.63) is 65.2 Å². The van der Waals surface area contributed by atoms with Gasteiger partial charge in [0.25, 0.3) is 0 Å². The highest BCUT2D eigenvalue weighted by atomic mass is 19.1. The SMILES string of the molecule is Oc1c(F)cc(CCN2C[C@@H]3C[C@@](O)(Cc4ccccc4)C[C@@H]3C2)cc1F. The van der Waals surface area contributed by atoms with Crippen molar-refractivity contribution in [3.63, 3.8) is 0 Å². The van der Waals surface area contributed by atoms with E-state index in [4.69, 9.17) is 0 Å². The maximum atomic E-state index is 13.5. The first kappa shape index (κ1) is 18.4. The average molecular weight is 373 g/mol. The smallest absolute Gasteiger partial charge is 0.187 e. The molecule has 144 valence electrons. The van der Waals surface area contributed by atoms with Gasteiger partial charge in [-0.15, -0.1) is 0 Å². The number of rotatable bonds is 5. The van der Waals surface area contributed by atoms with Crippen LogP contribution in [0.15, 0.2) is 42.5 Å². The molecule has 0 bridgehead atoms. The van der Waals surface area contributed by atoms with Gasteiger partial charge in [-0.1, -0.05) is 30.3 Å². The second-order valence-corrected chi connectivity index (χ2v) is 8.23. The van der Waals surface area contributed by atoms with Crippen LogP contribution in [-0.2, 0) is 12.8 Å². The lowest BCUT2D eigenvalue weighted by molar-refractivity contribution is 0.0355. The Morgan fingerprint density at radius 1 is 0.963 bits per heavy atom. The lowest BCUT2D eigenvalue weighted by Gasteiger charge is -2.26. The molecule has 2 fully saturated rings. The summed E-state index contributed by atoms with van der Waals surface area (Å²) in [6, 6.07) is 12.5. The van der Waals surface area contributed by atoms with Gasteiger partial charge in [0.15, 0.2) is 17.4 Å². The van der Waals surface area contributed by atoms with Crippen LogP contribution in [0.2, 0.25) is 0 Å². The molecule has 1 aliphatic heterocycles. The monoisotopic (exact) mass is 373 g/mol. The second kappa shape index (κ2) is 7.21. The van der Waals surface area contributed by atoms with Crippen LogP contribution in [-0.4, -0.2) is 40.3 Å². The molecule has 0 spiro atoms. The van der Waals surface area contributed by atoms with E-state index in [0.29, 0.717) is 30.2 Å². The first-order valence-electron chi connectivity index (χ1n) is 9.57. The van der Waals surface area contributed by atoms with Crippen LogP contribution in [0, 0.1) is 23.5 Å². The van der Waals surface area contributed by atoms with Gasteiger partial charge in [-0.2, -0.15) is 0 Å². The minimum Gasteiger partial charge on any atom is -0.503 e. The molecule has 2 aromatic carbocycles. The van der Waals surface area contributed by atoms with E-state index in [1.54, 1.807) is 0 Å². The topological polar surface area (TPSA) is 43.7 Å². The van der Waals surface area contributed by atoms with Crippen LogP contribution in [0.25, 0.3) is 0 Å². The Labute approximate surface area is 158 Å². The molecule has 2 aliphatic rings. The normalized spacial score (nSPS) is 27.8. The second-order valence-electron chi connectivity index (χ2n) is 8.23. The molecule has 0 radical (unpaired) electrons. The highest BCUT2D eigenvalue weighted by Crippen LogP contribution is 2.45. The number of hydrogen-bond acceptors (Lipinski definition) is 3. The minimum absolute atomic E-state index is 0.479. The summed E-state index contributed by atoms with van der Waals surface area (Å²) in [6.07, 6.45) is 2.87. The highest BCUT2D eigenvalue weighted by molar-refractivity contribution is 5.30. The number of phenols is 1. The fourth-order valence-electron chi connectivity index (χ4n) is 4.91. The number of phenolic OH excluding ortho intramolecular Hbond substituents is 1. The molecular weight excluding hydrogens is 348 g/mol. The van der Waals surface area contributed by atoms with E-state index in [2.05, 4.69) is 17.0 Å². The van der Waals surface area contributed by atoms with Crippen molar-refractivity contribution in [2.24, 2.45) is 11.8 Å². The van der Waals surface area contributed by atoms with Gasteiger partial charge >= 0.3 is 0 Å². The molecule has 1 aliphatic carbocycles. The number of aliphatic hydroxyl groups is 1. The van der Waals surface area contributed by atoms with Gasteiger partial charge in [0, 0.05) is 26.1 Å². The zero-order valence-corrected chi connectivity index (χ0v) is 15.2. The van der Waals surface area contributed by atoms with Gasteiger partial charge in [-0.25, -0.2) is 8.78 Å². The van der Waals surface area contributed by atoms with Gasteiger partial charge in [-0.05, 0) is 54.4 Å². The largest absolute Gasteiger partial charge is 0.503 e. The van der Waals surface area contributed by atoms with Gasteiger partial charge in [-0.3, -0.25) is 0 Å². The quantitative estimate of drug-likeness (QED) is 0.843. The maximum absolute atomic E-state index is 13.5. The predicted octanol–water partition coefficient (Wildman–Crippen LogP) is 3.53. The number of hydrogen-bond donors (Lipinski definition) is 2. The maximum Gasteiger partial charge on any atom is 0.187 e. The number of nitrogens with zero attached hydrogens (tertiary/aromatic N) is 1. The Morgan fingerprint density at radius 2 is 1.56 bits per heavy atom. The van der Waals surface area contributed by atoms with E-state index in [1.807, 2.05) is 18.2 Å². The first-order chi connectivity index (χ1) is 12.9. The van der Waals surface area contributed by atoms with Crippen molar-refractivity contribution < 1.29 is 19.0 Å². The Morgan fingerprint density at radius 3 is 2.15 bits per heavy atom. The van der Waals surface area contributed by atoms with E-state index in [1.165, 1.54) is 17.7 Å². The fourth-order valence-corrected chi connectivity index (χ4v) is 4.91. The van der Waals surface area contributed by atoms with Crippen LogP contribution in [0.4, 0.5) is 8.78 Å². The van der Waals surface area contributed by atoms with Crippen molar-refractivity contribution in [1.82, 2.24) is 4.90 Å². The molecule has 0 aromatic heterocycles. The van der Waals surface area contributed by atoms with Gasteiger partial charge in [0.05, 0.1) is 5.60 Å². The molecule has 1 saturated carbocycles. The number of benzene rings is 2. The van der Waals surface area contributed by atoms with Gasteiger partial charge in [0.2, 0.25) is 0 Å². The van der Waals surface area contributed by atoms with E-state index in [0.717, 1.165) is 32.5 Å².